The standard InChI is InChI=1S/C31H35ClFN3O6/c1-18-29(25(37)15-28(38)39)36(16-21-10-13-40-21)27(34-18)17-35-11-8-19(9-12-35)22-4-3-5-26-30(22)42-31(2,41-26)23-7-6-20(32)14-24(23)33/h3-7,14,19,21,25,37H,8-13,15-17H2,1-2H3,(H,38,39)/t21-,25-,31-/m0/s1. The number of aliphatic hydroxyl groups excluding tert-OH is 1. The number of hydrogen-bond donors (Lipinski definition) is 2. The van der Waals surface area contributed by atoms with Gasteiger partial charge < -0.3 is 29.0 Å². The van der Waals surface area contributed by atoms with Gasteiger partial charge in [0.05, 0.1) is 42.6 Å². The van der Waals surface area contributed by atoms with Gasteiger partial charge in [0.1, 0.15) is 17.7 Å². The molecule has 3 atom stereocenters. The minimum Gasteiger partial charge on any atom is -0.481 e. The van der Waals surface area contributed by atoms with Crippen molar-refractivity contribution in [3.05, 3.63) is 75.6 Å². The molecule has 0 aliphatic carbocycles. The van der Waals surface area contributed by atoms with Crippen molar-refractivity contribution in [1.82, 2.24) is 14.5 Å². The summed E-state index contributed by atoms with van der Waals surface area (Å²) in [5.41, 5.74) is 2.53. The summed E-state index contributed by atoms with van der Waals surface area (Å²) in [7, 11) is 0. The number of ether oxygens (including phenoxy) is 3. The van der Waals surface area contributed by atoms with Crippen LogP contribution in [0.2, 0.25) is 5.02 Å². The van der Waals surface area contributed by atoms with E-state index in [0.29, 0.717) is 47.6 Å². The molecule has 0 saturated carbocycles. The van der Waals surface area contributed by atoms with Crippen LogP contribution in [0, 0.1) is 12.7 Å². The fourth-order valence-electron chi connectivity index (χ4n) is 6.32. The first-order valence-electron chi connectivity index (χ1n) is 14.4. The Morgan fingerprint density at radius 3 is 2.64 bits per heavy atom. The minimum atomic E-state index is -1.30. The molecule has 0 amide bonds. The van der Waals surface area contributed by atoms with Crippen molar-refractivity contribution in [1.29, 1.82) is 0 Å². The first-order chi connectivity index (χ1) is 20.1. The molecular weight excluding hydrogens is 565 g/mol. The number of halogens is 2. The fraction of sp³-hybridized carbons (Fsp3) is 0.484. The predicted octanol–water partition coefficient (Wildman–Crippen LogP) is 5.30. The van der Waals surface area contributed by atoms with Crippen LogP contribution in [0.25, 0.3) is 0 Å². The summed E-state index contributed by atoms with van der Waals surface area (Å²) in [5, 5.41) is 20.3. The lowest BCUT2D eigenvalue weighted by atomic mass is 9.88. The van der Waals surface area contributed by atoms with Crippen LogP contribution in [0.4, 0.5) is 4.39 Å². The number of likely N-dealkylation sites (tertiary alicyclic amines) is 1. The van der Waals surface area contributed by atoms with E-state index in [4.69, 9.17) is 30.8 Å². The minimum absolute atomic E-state index is 0.0355. The highest BCUT2D eigenvalue weighted by atomic mass is 35.5. The van der Waals surface area contributed by atoms with Crippen LogP contribution in [-0.2, 0) is 28.4 Å². The van der Waals surface area contributed by atoms with Gasteiger partial charge in [-0.25, -0.2) is 9.37 Å². The van der Waals surface area contributed by atoms with Gasteiger partial charge in [-0.3, -0.25) is 9.69 Å². The van der Waals surface area contributed by atoms with Crippen LogP contribution in [0.15, 0.2) is 36.4 Å². The summed E-state index contributed by atoms with van der Waals surface area (Å²) in [6, 6.07) is 10.3. The molecule has 3 aromatic rings. The summed E-state index contributed by atoms with van der Waals surface area (Å²) in [6.07, 6.45) is 1.21. The average molecular weight is 600 g/mol. The number of carbonyl (C=O) groups is 1. The fourth-order valence-corrected chi connectivity index (χ4v) is 6.48. The molecule has 1 aromatic heterocycles. The third-order valence-electron chi connectivity index (χ3n) is 8.56. The van der Waals surface area contributed by atoms with Crippen LogP contribution in [-0.4, -0.2) is 56.4 Å². The zero-order valence-electron chi connectivity index (χ0n) is 23.7. The Balaban J connectivity index is 1.16. The van der Waals surface area contributed by atoms with Crippen LogP contribution in [0.1, 0.15) is 73.0 Å². The van der Waals surface area contributed by atoms with Crippen molar-refractivity contribution in [2.75, 3.05) is 19.7 Å². The first kappa shape index (κ1) is 28.9. The maximum atomic E-state index is 14.8. The third kappa shape index (κ3) is 5.60. The van der Waals surface area contributed by atoms with Crippen molar-refractivity contribution in [3.63, 3.8) is 0 Å². The predicted molar refractivity (Wildman–Crippen MR) is 152 cm³/mol. The number of piperidine rings is 1. The van der Waals surface area contributed by atoms with E-state index in [2.05, 4.69) is 11.0 Å². The van der Waals surface area contributed by atoms with Crippen molar-refractivity contribution < 1.29 is 33.6 Å². The van der Waals surface area contributed by atoms with E-state index in [1.807, 2.05) is 23.6 Å². The SMILES string of the molecule is Cc1nc(CN2CCC(c3cccc4c3O[C@@](C)(c3ccc(Cl)cc3F)O4)CC2)n(C[C@@H]2CCO2)c1[C@@H](O)CC(=O)O. The number of carboxylic acid groups (broad SMARTS) is 1. The first-order valence-corrected chi connectivity index (χ1v) is 14.7. The molecule has 6 rings (SSSR count). The number of aliphatic carboxylic acids is 1. The molecule has 2 fully saturated rings. The van der Waals surface area contributed by atoms with E-state index in [9.17, 15) is 19.4 Å². The molecule has 0 bridgehead atoms. The van der Waals surface area contributed by atoms with E-state index in [-0.39, 0.29) is 24.0 Å². The summed E-state index contributed by atoms with van der Waals surface area (Å²) in [5.74, 6) is -0.557. The molecule has 3 aliphatic rings. The molecule has 0 unspecified atom stereocenters. The van der Waals surface area contributed by atoms with Crippen LogP contribution < -0.4 is 9.47 Å². The molecule has 0 spiro atoms. The van der Waals surface area contributed by atoms with Gasteiger partial charge in [-0.15, -0.1) is 0 Å². The van der Waals surface area contributed by atoms with E-state index >= 15 is 0 Å². The number of aromatic nitrogens is 2. The average Bonchev–Trinajstić information content (AvgIpc) is 3.41. The van der Waals surface area contributed by atoms with E-state index in [1.165, 1.54) is 6.07 Å². The zero-order chi connectivity index (χ0) is 29.6. The number of para-hydroxylation sites is 1. The number of hydrogen-bond acceptors (Lipinski definition) is 7. The highest BCUT2D eigenvalue weighted by molar-refractivity contribution is 6.30. The topological polar surface area (TPSA) is 106 Å². The summed E-state index contributed by atoms with van der Waals surface area (Å²) < 4.78 is 34.9. The van der Waals surface area contributed by atoms with Crippen molar-refractivity contribution in [2.24, 2.45) is 0 Å². The van der Waals surface area contributed by atoms with E-state index in [1.54, 1.807) is 19.1 Å². The lowest BCUT2D eigenvalue weighted by molar-refractivity contribution is -0.139. The normalized spacial score (nSPS) is 23.1. The van der Waals surface area contributed by atoms with Gasteiger partial charge in [-0.1, -0.05) is 23.7 Å². The zero-order valence-corrected chi connectivity index (χ0v) is 24.4. The number of imidazole rings is 1. The largest absolute Gasteiger partial charge is 0.481 e. The molecule has 3 aliphatic heterocycles. The second-order valence-electron chi connectivity index (χ2n) is 11.5. The van der Waals surface area contributed by atoms with Crippen LogP contribution >= 0.6 is 11.6 Å². The quantitative estimate of drug-likeness (QED) is 0.341. The molecule has 11 heteroatoms. The van der Waals surface area contributed by atoms with E-state index in [0.717, 1.165) is 43.7 Å². The van der Waals surface area contributed by atoms with Crippen LogP contribution in [0.3, 0.4) is 0 Å². The van der Waals surface area contributed by atoms with Gasteiger partial charge in [0.25, 0.3) is 5.79 Å². The maximum absolute atomic E-state index is 14.8. The number of carboxylic acids is 1. The van der Waals surface area contributed by atoms with Gasteiger partial charge in [0.15, 0.2) is 11.5 Å². The van der Waals surface area contributed by atoms with Gasteiger partial charge >= 0.3 is 5.97 Å². The Morgan fingerprint density at radius 2 is 1.98 bits per heavy atom. The Kier molecular flexibility index (Phi) is 7.91. The summed E-state index contributed by atoms with van der Waals surface area (Å²) in [4.78, 5) is 18.4. The number of benzene rings is 2. The van der Waals surface area contributed by atoms with E-state index < -0.39 is 23.7 Å². The molecule has 9 nitrogen and oxygen atoms in total. The van der Waals surface area contributed by atoms with Gasteiger partial charge in [0.2, 0.25) is 0 Å². The lowest BCUT2D eigenvalue weighted by Crippen LogP contribution is -2.36. The molecular formula is C31H35ClFN3O6. The van der Waals surface area contributed by atoms with Crippen molar-refractivity contribution >= 4 is 17.6 Å². The highest BCUT2D eigenvalue weighted by Crippen LogP contribution is 2.50. The monoisotopic (exact) mass is 599 g/mol. The molecule has 0 radical (unpaired) electrons. The molecule has 2 aromatic carbocycles. The Labute approximate surface area is 248 Å². The summed E-state index contributed by atoms with van der Waals surface area (Å²) >= 11 is 5.96. The summed E-state index contributed by atoms with van der Waals surface area (Å²) in [6.45, 7) is 7.00. The Morgan fingerprint density at radius 1 is 1.21 bits per heavy atom. The number of nitrogens with zero attached hydrogens (tertiary/aromatic N) is 3. The Bertz CT molecular complexity index is 1490. The van der Waals surface area contributed by atoms with Gasteiger partial charge in [0, 0.05) is 24.1 Å². The second kappa shape index (κ2) is 11.5. The second-order valence-corrected chi connectivity index (χ2v) is 11.9. The van der Waals surface area contributed by atoms with Crippen molar-refractivity contribution in [2.45, 2.75) is 76.5 Å². The number of rotatable bonds is 9. The van der Waals surface area contributed by atoms with Gasteiger partial charge in [-0.2, -0.15) is 0 Å². The smallest absolute Gasteiger partial charge is 0.306 e. The maximum Gasteiger partial charge on any atom is 0.306 e. The number of aliphatic hydroxyl groups is 1. The highest BCUT2D eigenvalue weighted by Gasteiger charge is 2.43. The van der Waals surface area contributed by atoms with Gasteiger partial charge in [-0.05, 0) is 69.5 Å². The third-order valence-corrected chi connectivity index (χ3v) is 8.79. The molecule has 42 heavy (non-hydrogen) atoms. The molecule has 2 N–H and O–H groups in total. The number of aryl methyl sites for hydroxylation is 1. The number of fused-ring (bicyclic) bond motifs is 1. The van der Waals surface area contributed by atoms with Crippen molar-refractivity contribution in [3.8, 4) is 11.5 Å². The Hall–Kier alpha value is -3.18. The molecule has 224 valence electrons. The lowest BCUT2D eigenvalue weighted by Gasteiger charge is -2.33. The molecule has 2 saturated heterocycles. The molecule has 4 heterocycles. The van der Waals surface area contributed by atoms with Crippen LogP contribution in [0.5, 0.6) is 11.5 Å².